The topological polar surface area (TPSA) is 41.7 Å². The lowest BCUT2D eigenvalue weighted by Gasteiger charge is -2.44. The molecule has 1 aliphatic rings. The molecule has 4 nitrogen and oxygen atoms in total. The van der Waals surface area contributed by atoms with Crippen LogP contribution in [-0.2, 0) is 4.74 Å². The second-order valence-electron chi connectivity index (χ2n) is 6.07. The van der Waals surface area contributed by atoms with Gasteiger partial charge >= 0.3 is 0 Å². The summed E-state index contributed by atoms with van der Waals surface area (Å²) in [5.41, 5.74) is 5.91. The molecule has 0 amide bonds. The summed E-state index contributed by atoms with van der Waals surface area (Å²) < 4.78 is 5.50. The lowest BCUT2D eigenvalue weighted by Crippen LogP contribution is -2.58. The molecular weight excluding hydrogens is 226 g/mol. The van der Waals surface area contributed by atoms with Crippen LogP contribution in [0, 0.1) is 5.92 Å². The standard InChI is InChI=1S/C14H31N3O/c1-12(18-5)14(2,11-15)17(4)10-13-6-8-16(3)9-7-13/h12-13H,6-11,15H2,1-5H3. The summed E-state index contributed by atoms with van der Waals surface area (Å²) in [6.45, 7) is 8.50. The summed E-state index contributed by atoms with van der Waals surface area (Å²) in [5, 5.41) is 0. The molecule has 1 heterocycles. The highest BCUT2D eigenvalue weighted by Crippen LogP contribution is 2.24. The minimum atomic E-state index is -0.0713. The van der Waals surface area contributed by atoms with Crippen molar-refractivity contribution in [3.63, 3.8) is 0 Å². The van der Waals surface area contributed by atoms with Crippen molar-refractivity contribution in [3.8, 4) is 0 Å². The van der Waals surface area contributed by atoms with E-state index in [0.29, 0.717) is 6.54 Å². The van der Waals surface area contributed by atoms with Crippen LogP contribution in [-0.4, -0.2) is 68.8 Å². The van der Waals surface area contributed by atoms with Crippen molar-refractivity contribution in [3.05, 3.63) is 0 Å². The highest BCUT2D eigenvalue weighted by atomic mass is 16.5. The highest BCUT2D eigenvalue weighted by molar-refractivity contribution is 4.92. The van der Waals surface area contributed by atoms with Gasteiger partial charge in [0.05, 0.1) is 11.6 Å². The number of hydrogen-bond donors (Lipinski definition) is 1. The smallest absolute Gasteiger partial charge is 0.0736 e. The lowest BCUT2D eigenvalue weighted by atomic mass is 9.90. The van der Waals surface area contributed by atoms with Gasteiger partial charge in [-0.15, -0.1) is 0 Å². The van der Waals surface area contributed by atoms with Crippen molar-refractivity contribution in [1.82, 2.24) is 9.80 Å². The molecule has 0 aromatic heterocycles. The summed E-state index contributed by atoms with van der Waals surface area (Å²) >= 11 is 0. The Morgan fingerprint density at radius 1 is 1.44 bits per heavy atom. The van der Waals surface area contributed by atoms with Gasteiger partial charge in [-0.2, -0.15) is 0 Å². The summed E-state index contributed by atoms with van der Waals surface area (Å²) in [6, 6.07) is 0. The van der Waals surface area contributed by atoms with Crippen LogP contribution in [0.25, 0.3) is 0 Å². The summed E-state index contributed by atoms with van der Waals surface area (Å²) in [4.78, 5) is 4.81. The number of likely N-dealkylation sites (tertiary alicyclic amines) is 1. The Kier molecular flexibility index (Phi) is 6.05. The monoisotopic (exact) mass is 257 g/mol. The van der Waals surface area contributed by atoms with E-state index in [1.807, 2.05) is 0 Å². The first-order valence-electron chi connectivity index (χ1n) is 7.06. The van der Waals surface area contributed by atoms with Crippen molar-refractivity contribution < 1.29 is 4.74 Å². The van der Waals surface area contributed by atoms with Crippen molar-refractivity contribution >= 4 is 0 Å². The van der Waals surface area contributed by atoms with Crippen LogP contribution in [0.2, 0.25) is 0 Å². The Labute approximate surface area is 112 Å². The number of hydrogen-bond acceptors (Lipinski definition) is 4. The van der Waals surface area contributed by atoms with Gasteiger partial charge in [0.1, 0.15) is 0 Å². The number of rotatable bonds is 6. The molecule has 0 radical (unpaired) electrons. The number of nitrogens with two attached hydrogens (primary N) is 1. The summed E-state index contributed by atoms with van der Waals surface area (Å²) in [7, 11) is 6.15. The molecule has 1 saturated heterocycles. The van der Waals surface area contributed by atoms with E-state index in [1.54, 1.807) is 7.11 Å². The molecule has 18 heavy (non-hydrogen) atoms. The predicted octanol–water partition coefficient (Wildman–Crippen LogP) is 1.01. The molecule has 2 atom stereocenters. The molecule has 0 aromatic rings. The highest BCUT2D eigenvalue weighted by Gasteiger charge is 2.35. The van der Waals surface area contributed by atoms with E-state index in [9.17, 15) is 0 Å². The molecule has 1 rings (SSSR count). The third-order valence-electron chi connectivity index (χ3n) is 4.88. The maximum Gasteiger partial charge on any atom is 0.0736 e. The van der Waals surface area contributed by atoms with E-state index in [4.69, 9.17) is 10.5 Å². The zero-order valence-electron chi connectivity index (χ0n) is 12.8. The first kappa shape index (κ1) is 15.9. The third-order valence-corrected chi connectivity index (χ3v) is 4.88. The molecule has 2 N–H and O–H groups in total. The normalized spacial score (nSPS) is 24.2. The lowest BCUT2D eigenvalue weighted by molar-refractivity contribution is -0.0281. The van der Waals surface area contributed by atoms with E-state index < -0.39 is 0 Å². The van der Waals surface area contributed by atoms with Gasteiger partial charge in [-0.3, -0.25) is 4.90 Å². The van der Waals surface area contributed by atoms with Gasteiger partial charge in [-0.05, 0) is 59.8 Å². The molecule has 0 aromatic carbocycles. The zero-order valence-corrected chi connectivity index (χ0v) is 12.8. The molecule has 0 saturated carbocycles. The van der Waals surface area contributed by atoms with Crippen LogP contribution in [0.1, 0.15) is 26.7 Å². The van der Waals surface area contributed by atoms with Crippen molar-refractivity contribution in [1.29, 1.82) is 0 Å². The van der Waals surface area contributed by atoms with Gasteiger partial charge in [0.15, 0.2) is 0 Å². The first-order valence-corrected chi connectivity index (χ1v) is 7.06. The Balaban J connectivity index is 2.54. The second-order valence-corrected chi connectivity index (χ2v) is 6.07. The maximum absolute atomic E-state index is 5.98. The summed E-state index contributed by atoms with van der Waals surface area (Å²) in [5.74, 6) is 0.793. The van der Waals surface area contributed by atoms with E-state index in [2.05, 4.69) is 37.7 Å². The van der Waals surface area contributed by atoms with Crippen LogP contribution < -0.4 is 5.73 Å². The van der Waals surface area contributed by atoms with Gasteiger partial charge in [0.2, 0.25) is 0 Å². The van der Waals surface area contributed by atoms with Gasteiger partial charge < -0.3 is 15.4 Å². The van der Waals surface area contributed by atoms with Crippen molar-refractivity contribution in [2.45, 2.75) is 38.3 Å². The van der Waals surface area contributed by atoms with Crippen LogP contribution in [0.4, 0.5) is 0 Å². The van der Waals surface area contributed by atoms with Crippen LogP contribution >= 0.6 is 0 Å². The largest absolute Gasteiger partial charge is 0.380 e. The minimum absolute atomic E-state index is 0.0713. The van der Waals surface area contributed by atoms with E-state index in [-0.39, 0.29) is 11.6 Å². The summed E-state index contributed by atoms with van der Waals surface area (Å²) in [6.07, 6.45) is 2.74. The fourth-order valence-corrected chi connectivity index (χ4v) is 2.73. The molecule has 108 valence electrons. The Bertz CT molecular complexity index is 241. The third kappa shape index (κ3) is 3.67. The van der Waals surface area contributed by atoms with Crippen LogP contribution in [0.5, 0.6) is 0 Å². The number of methoxy groups -OCH3 is 1. The van der Waals surface area contributed by atoms with Crippen molar-refractivity contribution in [2.75, 3.05) is 47.4 Å². The molecule has 1 fully saturated rings. The average Bonchev–Trinajstić information content (AvgIpc) is 2.39. The van der Waals surface area contributed by atoms with E-state index in [0.717, 1.165) is 12.5 Å². The minimum Gasteiger partial charge on any atom is -0.380 e. The molecule has 0 aliphatic carbocycles. The van der Waals surface area contributed by atoms with Gasteiger partial charge in [0.25, 0.3) is 0 Å². The molecule has 2 unspecified atom stereocenters. The Morgan fingerprint density at radius 2 is 2.00 bits per heavy atom. The Hall–Kier alpha value is -0.160. The zero-order chi connectivity index (χ0) is 13.8. The molecule has 4 heteroatoms. The molecular formula is C14H31N3O. The fraction of sp³-hybridized carbons (Fsp3) is 1.00. The van der Waals surface area contributed by atoms with E-state index >= 15 is 0 Å². The van der Waals surface area contributed by atoms with Gasteiger partial charge in [-0.1, -0.05) is 0 Å². The number of ether oxygens (including phenoxy) is 1. The molecule has 1 aliphatic heterocycles. The SMILES string of the molecule is COC(C)C(C)(CN)N(C)CC1CCN(C)CC1. The number of piperidine rings is 1. The number of likely N-dealkylation sites (N-methyl/N-ethyl adjacent to an activating group) is 1. The predicted molar refractivity (Wildman–Crippen MR) is 76.8 cm³/mol. The van der Waals surface area contributed by atoms with Crippen LogP contribution in [0.15, 0.2) is 0 Å². The first-order chi connectivity index (χ1) is 8.43. The Morgan fingerprint density at radius 3 is 2.44 bits per heavy atom. The van der Waals surface area contributed by atoms with Crippen LogP contribution in [0.3, 0.4) is 0 Å². The van der Waals surface area contributed by atoms with Gasteiger partial charge in [-0.25, -0.2) is 0 Å². The van der Waals surface area contributed by atoms with Gasteiger partial charge in [0, 0.05) is 20.2 Å². The maximum atomic E-state index is 5.98. The quantitative estimate of drug-likeness (QED) is 0.771. The van der Waals surface area contributed by atoms with Crippen molar-refractivity contribution in [2.24, 2.45) is 11.7 Å². The second kappa shape index (κ2) is 6.85. The fourth-order valence-electron chi connectivity index (χ4n) is 2.73. The average molecular weight is 257 g/mol. The molecule has 0 spiro atoms. The van der Waals surface area contributed by atoms with E-state index in [1.165, 1.54) is 25.9 Å². The molecule has 0 bridgehead atoms. The number of nitrogens with zero attached hydrogens (tertiary/aromatic N) is 2.